The van der Waals surface area contributed by atoms with Crippen LogP contribution in [0.5, 0.6) is 0 Å². The molecule has 2 atom stereocenters. The molecule has 0 bridgehead atoms. The highest BCUT2D eigenvalue weighted by Gasteiger charge is 2.37. The Morgan fingerprint density at radius 1 is 1.09 bits per heavy atom. The van der Waals surface area contributed by atoms with Crippen molar-refractivity contribution < 1.29 is 24.2 Å². The van der Waals surface area contributed by atoms with E-state index < -0.39 is 29.9 Å². The average molecular weight is 432 g/mol. The van der Waals surface area contributed by atoms with Crippen LogP contribution in [0.1, 0.15) is 30.4 Å². The molecule has 7 heteroatoms. The molecule has 2 amide bonds. The number of nitrogens with zero attached hydrogens (tertiary/aromatic N) is 1. The van der Waals surface area contributed by atoms with Gasteiger partial charge in [-0.05, 0) is 41.5 Å². The molecule has 2 aromatic rings. The van der Waals surface area contributed by atoms with Crippen LogP contribution in [0.4, 0.5) is 4.79 Å². The van der Waals surface area contributed by atoms with Crippen molar-refractivity contribution in [2.75, 3.05) is 19.7 Å². The SMILES string of the molecule is CC1C(C(=O)O)CCN1C(=O)C#CCNC(=O)OCC1c2ccccc2-c2ccccc21. The summed E-state index contributed by atoms with van der Waals surface area (Å²) in [6.07, 6.45) is -0.184. The van der Waals surface area contributed by atoms with Gasteiger partial charge in [0.1, 0.15) is 6.61 Å². The van der Waals surface area contributed by atoms with Crippen molar-refractivity contribution in [2.24, 2.45) is 5.92 Å². The first-order valence-corrected chi connectivity index (χ1v) is 10.6. The minimum absolute atomic E-state index is 0.0281. The van der Waals surface area contributed by atoms with Crippen molar-refractivity contribution in [3.63, 3.8) is 0 Å². The zero-order valence-electron chi connectivity index (χ0n) is 17.7. The van der Waals surface area contributed by atoms with E-state index in [2.05, 4.69) is 29.3 Å². The number of alkyl carbamates (subject to hydrolysis) is 1. The molecule has 7 nitrogen and oxygen atoms in total. The summed E-state index contributed by atoms with van der Waals surface area (Å²) in [5.74, 6) is 3.15. The van der Waals surface area contributed by atoms with Crippen LogP contribution in [0, 0.1) is 17.8 Å². The van der Waals surface area contributed by atoms with E-state index in [0.29, 0.717) is 13.0 Å². The highest BCUT2D eigenvalue weighted by Crippen LogP contribution is 2.44. The molecule has 2 aliphatic rings. The van der Waals surface area contributed by atoms with Crippen molar-refractivity contribution in [1.29, 1.82) is 0 Å². The second-order valence-corrected chi connectivity index (χ2v) is 7.95. The highest BCUT2D eigenvalue weighted by molar-refractivity contribution is 5.94. The van der Waals surface area contributed by atoms with E-state index in [9.17, 15) is 14.4 Å². The van der Waals surface area contributed by atoms with Crippen LogP contribution in [-0.2, 0) is 14.3 Å². The van der Waals surface area contributed by atoms with Gasteiger partial charge >= 0.3 is 12.1 Å². The molecule has 1 aliphatic heterocycles. The summed E-state index contributed by atoms with van der Waals surface area (Å²) in [5, 5.41) is 11.7. The number of ether oxygens (including phenoxy) is 1. The normalized spacial score (nSPS) is 18.8. The molecule has 1 fully saturated rings. The van der Waals surface area contributed by atoms with E-state index in [4.69, 9.17) is 9.84 Å². The number of benzene rings is 2. The molecule has 0 spiro atoms. The Balaban J connectivity index is 1.28. The van der Waals surface area contributed by atoms with Crippen molar-refractivity contribution >= 4 is 18.0 Å². The molecule has 0 saturated carbocycles. The number of amides is 2. The Morgan fingerprint density at radius 2 is 1.72 bits per heavy atom. The minimum Gasteiger partial charge on any atom is -0.481 e. The zero-order valence-corrected chi connectivity index (χ0v) is 17.7. The minimum atomic E-state index is -0.905. The molecule has 1 aliphatic carbocycles. The lowest BCUT2D eigenvalue weighted by atomic mass is 9.98. The largest absolute Gasteiger partial charge is 0.481 e. The lowest BCUT2D eigenvalue weighted by Gasteiger charge is -2.20. The second kappa shape index (κ2) is 9.15. The van der Waals surface area contributed by atoms with Crippen molar-refractivity contribution in [3.8, 4) is 23.0 Å². The third-order valence-corrected chi connectivity index (χ3v) is 6.19. The van der Waals surface area contributed by atoms with Gasteiger partial charge in [0.2, 0.25) is 0 Å². The molecular weight excluding hydrogens is 408 g/mol. The van der Waals surface area contributed by atoms with Crippen molar-refractivity contribution in [3.05, 3.63) is 59.7 Å². The van der Waals surface area contributed by atoms with Crippen molar-refractivity contribution in [2.45, 2.75) is 25.3 Å². The number of rotatable bonds is 4. The maximum atomic E-state index is 12.2. The van der Waals surface area contributed by atoms with Crippen LogP contribution in [0.25, 0.3) is 11.1 Å². The number of hydrogen-bond acceptors (Lipinski definition) is 4. The number of carboxylic acids is 1. The average Bonchev–Trinajstić information content (AvgIpc) is 3.33. The van der Waals surface area contributed by atoms with Gasteiger partial charge < -0.3 is 20.1 Å². The van der Waals surface area contributed by atoms with Crippen molar-refractivity contribution in [1.82, 2.24) is 10.2 Å². The topological polar surface area (TPSA) is 95.9 Å². The molecule has 32 heavy (non-hydrogen) atoms. The fourth-order valence-electron chi connectivity index (χ4n) is 4.51. The standard InChI is InChI=1S/C25H24N2O5/c1-16-17(24(29)30)12-14-27(16)23(28)11-6-13-26-25(31)32-15-22-20-9-4-2-7-18(20)19-8-3-5-10-21(19)22/h2-5,7-10,16-17,22H,12-15H2,1H3,(H,26,31)(H,29,30). The number of carboxylic acid groups (broad SMARTS) is 1. The van der Waals surface area contributed by atoms with Crippen LogP contribution < -0.4 is 5.32 Å². The first-order valence-electron chi connectivity index (χ1n) is 10.6. The van der Waals surface area contributed by atoms with Gasteiger partial charge in [-0.3, -0.25) is 9.59 Å². The first kappa shape index (κ1) is 21.4. The molecule has 1 saturated heterocycles. The second-order valence-electron chi connectivity index (χ2n) is 7.95. The molecular formula is C25H24N2O5. The van der Waals surface area contributed by atoms with Gasteiger partial charge in [0.05, 0.1) is 12.5 Å². The van der Waals surface area contributed by atoms with E-state index >= 15 is 0 Å². The van der Waals surface area contributed by atoms with Gasteiger partial charge in [0.25, 0.3) is 5.91 Å². The summed E-state index contributed by atoms with van der Waals surface area (Å²) in [7, 11) is 0. The number of nitrogens with one attached hydrogen (secondary N) is 1. The Morgan fingerprint density at radius 3 is 2.31 bits per heavy atom. The predicted octanol–water partition coefficient (Wildman–Crippen LogP) is 2.85. The fourth-order valence-corrected chi connectivity index (χ4v) is 4.51. The van der Waals surface area contributed by atoms with E-state index in [1.54, 1.807) is 6.92 Å². The van der Waals surface area contributed by atoms with Gasteiger partial charge in [-0.1, -0.05) is 54.5 Å². The van der Waals surface area contributed by atoms with E-state index in [-0.39, 0.29) is 19.1 Å². The number of likely N-dealkylation sites (tertiary alicyclic amines) is 1. The zero-order chi connectivity index (χ0) is 22.7. The molecule has 164 valence electrons. The Labute approximate surface area is 186 Å². The molecule has 1 heterocycles. The smallest absolute Gasteiger partial charge is 0.407 e. The predicted molar refractivity (Wildman–Crippen MR) is 118 cm³/mol. The van der Waals surface area contributed by atoms with Crippen LogP contribution in [0.2, 0.25) is 0 Å². The summed E-state index contributed by atoms with van der Waals surface area (Å²) in [4.78, 5) is 37.0. The quantitative estimate of drug-likeness (QED) is 0.725. The number of carbonyl (C=O) groups is 3. The summed E-state index contributed by atoms with van der Waals surface area (Å²) in [6.45, 7) is 2.24. The fraction of sp³-hybridized carbons (Fsp3) is 0.320. The van der Waals surface area contributed by atoms with Gasteiger partial charge in [-0.15, -0.1) is 0 Å². The number of hydrogen-bond donors (Lipinski definition) is 2. The molecule has 0 aromatic heterocycles. The molecule has 2 aromatic carbocycles. The summed E-state index contributed by atoms with van der Waals surface area (Å²) >= 11 is 0. The van der Waals surface area contributed by atoms with Gasteiger partial charge in [0, 0.05) is 18.5 Å². The third kappa shape index (κ3) is 4.17. The van der Waals surface area contributed by atoms with E-state index in [1.165, 1.54) is 4.90 Å². The maximum Gasteiger partial charge on any atom is 0.407 e. The molecule has 0 radical (unpaired) electrons. The molecule has 2 unspecified atom stereocenters. The third-order valence-electron chi connectivity index (χ3n) is 6.19. The maximum absolute atomic E-state index is 12.2. The monoisotopic (exact) mass is 432 g/mol. The summed E-state index contributed by atoms with van der Waals surface area (Å²) in [6, 6.07) is 15.8. The van der Waals surface area contributed by atoms with E-state index in [0.717, 1.165) is 22.3 Å². The van der Waals surface area contributed by atoms with Gasteiger partial charge in [-0.2, -0.15) is 0 Å². The number of fused-ring (bicyclic) bond motifs is 3. The lowest BCUT2D eigenvalue weighted by Crippen LogP contribution is -2.37. The Bertz CT molecular complexity index is 1070. The van der Waals surface area contributed by atoms with Gasteiger partial charge in [0.15, 0.2) is 0 Å². The molecule has 2 N–H and O–H groups in total. The summed E-state index contributed by atoms with van der Waals surface area (Å²) in [5.41, 5.74) is 4.57. The Hall–Kier alpha value is -3.79. The molecule has 4 rings (SSSR count). The first-order chi connectivity index (χ1) is 15.5. The van der Waals surface area contributed by atoms with Crippen LogP contribution in [0.3, 0.4) is 0 Å². The van der Waals surface area contributed by atoms with Gasteiger partial charge in [-0.25, -0.2) is 4.79 Å². The van der Waals surface area contributed by atoms with E-state index in [1.807, 2.05) is 36.4 Å². The Kier molecular flexibility index (Phi) is 6.13. The highest BCUT2D eigenvalue weighted by atomic mass is 16.5. The summed E-state index contributed by atoms with van der Waals surface area (Å²) < 4.78 is 5.43. The van der Waals surface area contributed by atoms with Crippen LogP contribution >= 0.6 is 0 Å². The number of aliphatic carboxylic acids is 1. The lowest BCUT2D eigenvalue weighted by molar-refractivity contribution is -0.142. The van der Waals surface area contributed by atoms with Crippen LogP contribution in [-0.4, -0.2) is 53.7 Å². The van der Waals surface area contributed by atoms with Crippen LogP contribution in [0.15, 0.2) is 48.5 Å². The number of carbonyl (C=O) groups excluding carboxylic acids is 2.